The molecular weight excluding hydrogens is 331 g/mol. The van der Waals surface area contributed by atoms with E-state index in [0.717, 1.165) is 26.2 Å². The molecule has 0 saturated heterocycles. The summed E-state index contributed by atoms with van der Waals surface area (Å²) in [7, 11) is 0. The zero-order valence-electron chi connectivity index (χ0n) is 9.22. The third-order valence-electron chi connectivity index (χ3n) is 1.53. The first-order valence-electron chi connectivity index (χ1n) is 4.54. The quantitative estimate of drug-likeness (QED) is 0.577. The van der Waals surface area contributed by atoms with Gasteiger partial charge in [0, 0.05) is 25.8 Å². The molecule has 0 unspecified atom stereocenters. The normalized spacial score (nSPS) is 9.23. The summed E-state index contributed by atoms with van der Waals surface area (Å²) in [4.78, 5) is 0. The summed E-state index contributed by atoms with van der Waals surface area (Å²) in [5.74, 6) is 13.8. The third-order valence-corrected chi connectivity index (χ3v) is 1.53. The molecule has 2 N–H and O–H groups in total. The van der Waals surface area contributed by atoms with Gasteiger partial charge in [-0.25, -0.2) is 0 Å². The largest absolute Gasteiger partial charge is 0.610 e. The number of hydrogen-bond donors (Lipinski definition) is 0. The molecule has 0 aromatic rings. The summed E-state index contributed by atoms with van der Waals surface area (Å²) >= 11 is 0. The second-order valence-corrected chi connectivity index (χ2v) is 2.34. The van der Waals surface area contributed by atoms with Gasteiger partial charge in [0.2, 0.25) is 0 Å². The van der Waals surface area contributed by atoms with Crippen molar-refractivity contribution in [1.29, 1.82) is 0 Å². The minimum atomic E-state index is 0. The Morgan fingerprint density at radius 2 is 0.846 bits per heavy atom. The molecule has 80 valence electrons. The fourth-order valence-electron chi connectivity index (χ4n) is 0.447. The van der Waals surface area contributed by atoms with E-state index < -0.39 is 0 Å². The number of nitrogens with one attached hydrogen (secondary N) is 2. The van der Waals surface area contributed by atoms with Gasteiger partial charge in [-0.05, 0) is 26.2 Å². The molecule has 0 aromatic heterocycles. The van der Waals surface area contributed by atoms with E-state index in [1.807, 2.05) is 27.7 Å². The smallest absolute Gasteiger partial charge is 0 e. The molecule has 0 saturated carbocycles. The van der Waals surface area contributed by atoms with Crippen LogP contribution < -0.4 is 0 Å². The van der Waals surface area contributed by atoms with Crippen LogP contribution in [0.3, 0.4) is 0 Å². The maximum absolute atomic E-state index is 6.90. The number of hydrogen-bond acceptors (Lipinski definition) is 2. The van der Waals surface area contributed by atoms with Gasteiger partial charge in [-0.3, -0.25) is 0 Å². The van der Waals surface area contributed by atoms with E-state index in [-0.39, 0.29) is 25.8 Å². The van der Waals surface area contributed by atoms with Crippen LogP contribution in [0.1, 0.15) is 27.7 Å². The van der Waals surface area contributed by atoms with E-state index in [1.165, 1.54) is 10.0 Å². The average molecular weight is 353 g/mol. The van der Waals surface area contributed by atoms with Crippen LogP contribution in [-0.2, 0) is 25.8 Å². The van der Waals surface area contributed by atoms with Gasteiger partial charge in [0.05, 0.1) is 0 Å². The van der Waals surface area contributed by atoms with Crippen LogP contribution >= 0.6 is 0 Å². The molecule has 0 bridgehead atoms. The summed E-state index contributed by atoms with van der Waals surface area (Å²) in [6.45, 7) is 11.2. The Labute approximate surface area is 101 Å². The van der Waals surface area contributed by atoms with Gasteiger partial charge in [-0.1, -0.05) is 27.7 Å². The van der Waals surface area contributed by atoms with Gasteiger partial charge in [-0.15, -0.1) is 0 Å². The molecule has 13 heavy (non-hydrogen) atoms. The maximum Gasteiger partial charge on any atom is 0 e. The van der Waals surface area contributed by atoms with Gasteiger partial charge < -0.3 is 21.7 Å². The molecule has 4 nitrogen and oxygen atoms in total. The zero-order chi connectivity index (χ0) is 9.98. The van der Waals surface area contributed by atoms with Crippen LogP contribution in [0.15, 0.2) is 0 Å². The molecular formula is C8H22HfN4-2. The minimum Gasteiger partial charge on any atom is -0.610 e. The van der Waals surface area contributed by atoms with Gasteiger partial charge in [-0.2, -0.15) is 0 Å². The summed E-state index contributed by atoms with van der Waals surface area (Å²) in [6, 6.07) is 0. The molecule has 0 aromatic carbocycles. The Hall–Kier alpha value is 0.710. The monoisotopic (exact) mass is 354 g/mol. The molecule has 0 spiro atoms. The third kappa shape index (κ3) is 19.2. The molecule has 0 atom stereocenters. The van der Waals surface area contributed by atoms with Crippen LogP contribution in [0, 0.1) is 0 Å². The van der Waals surface area contributed by atoms with E-state index in [9.17, 15) is 0 Å². The van der Waals surface area contributed by atoms with Crippen LogP contribution in [0.5, 0.6) is 0 Å². The molecule has 0 heterocycles. The average Bonchev–Trinajstić information content (AvgIpc) is 2.16. The molecule has 0 aliphatic heterocycles. The molecule has 0 radical (unpaired) electrons. The van der Waals surface area contributed by atoms with Gasteiger partial charge in [0.1, 0.15) is 0 Å². The standard InChI is InChI=1S/2C4H11N2.Hf/c2*1-3-6(5)4-2;/h2*5H,3-4H2,1-2H3;/q2*-1;. The first kappa shape index (κ1) is 19.3. The second kappa shape index (κ2) is 15.2. The number of rotatable bonds is 4. The van der Waals surface area contributed by atoms with Crippen molar-refractivity contribution < 1.29 is 25.8 Å². The summed E-state index contributed by atoms with van der Waals surface area (Å²) < 4.78 is 0. The summed E-state index contributed by atoms with van der Waals surface area (Å²) in [5.41, 5.74) is 0. The molecule has 0 aliphatic carbocycles. The zero-order valence-corrected chi connectivity index (χ0v) is 12.8. The van der Waals surface area contributed by atoms with E-state index >= 15 is 0 Å². The van der Waals surface area contributed by atoms with Crippen molar-refractivity contribution in [3.05, 3.63) is 11.7 Å². The van der Waals surface area contributed by atoms with E-state index in [0.29, 0.717) is 0 Å². The molecule has 0 rings (SSSR count). The molecule has 0 amide bonds. The van der Waals surface area contributed by atoms with Crippen molar-refractivity contribution in [1.82, 2.24) is 10.0 Å². The van der Waals surface area contributed by atoms with Crippen LogP contribution in [-0.4, -0.2) is 36.2 Å². The van der Waals surface area contributed by atoms with E-state index in [4.69, 9.17) is 11.7 Å². The van der Waals surface area contributed by atoms with Crippen LogP contribution in [0.25, 0.3) is 11.7 Å². The van der Waals surface area contributed by atoms with Crippen molar-refractivity contribution in [2.75, 3.05) is 26.2 Å². The first-order chi connectivity index (χ1) is 5.62. The van der Waals surface area contributed by atoms with Gasteiger partial charge in [0.25, 0.3) is 0 Å². The molecule has 0 fully saturated rings. The SMILES string of the molecule is CCN([NH-])CC.CCN([NH-])CC.[Hf]. The Kier molecular flexibility index (Phi) is 22.6. The second-order valence-electron chi connectivity index (χ2n) is 2.34. The van der Waals surface area contributed by atoms with Crippen molar-refractivity contribution in [3.8, 4) is 0 Å². The molecule has 5 heteroatoms. The van der Waals surface area contributed by atoms with E-state index in [2.05, 4.69) is 0 Å². The van der Waals surface area contributed by atoms with Crippen LogP contribution in [0.2, 0.25) is 0 Å². The number of nitrogens with zero attached hydrogens (tertiary/aromatic N) is 2. The molecule has 0 aliphatic rings. The van der Waals surface area contributed by atoms with Crippen molar-refractivity contribution in [2.24, 2.45) is 0 Å². The van der Waals surface area contributed by atoms with Gasteiger partial charge in [0.15, 0.2) is 0 Å². The Morgan fingerprint density at radius 1 is 0.692 bits per heavy atom. The first-order valence-corrected chi connectivity index (χ1v) is 4.54. The summed E-state index contributed by atoms with van der Waals surface area (Å²) in [6.07, 6.45) is 0. The van der Waals surface area contributed by atoms with Gasteiger partial charge >= 0.3 is 0 Å². The fraction of sp³-hybridized carbons (Fsp3) is 1.00. The predicted molar refractivity (Wildman–Crippen MR) is 54.5 cm³/mol. The maximum atomic E-state index is 6.90. The van der Waals surface area contributed by atoms with Crippen molar-refractivity contribution in [3.63, 3.8) is 0 Å². The predicted octanol–water partition coefficient (Wildman–Crippen LogP) is 2.59. The fourth-order valence-corrected chi connectivity index (χ4v) is 0.447. The van der Waals surface area contributed by atoms with E-state index in [1.54, 1.807) is 0 Å². The minimum absolute atomic E-state index is 0. The Balaban J connectivity index is -0.000000143. The summed E-state index contributed by atoms with van der Waals surface area (Å²) in [5, 5.41) is 3.00. The Morgan fingerprint density at radius 3 is 0.846 bits per heavy atom. The van der Waals surface area contributed by atoms with Crippen molar-refractivity contribution >= 4 is 0 Å². The van der Waals surface area contributed by atoms with Crippen molar-refractivity contribution in [2.45, 2.75) is 27.7 Å². The Bertz CT molecular complexity index is 64.5. The topological polar surface area (TPSA) is 54.1 Å². The van der Waals surface area contributed by atoms with Crippen LogP contribution in [0.4, 0.5) is 0 Å².